The number of hydrogen-bond donors (Lipinski definition) is 0. The van der Waals surface area contributed by atoms with Crippen LogP contribution >= 0.6 is 0 Å². The fourth-order valence-electron chi connectivity index (χ4n) is 1.62. The van der Waals surface area contributed by atoms with Crippen LogP contribution < -0.4 is 0 Å². The molecular weight excluding hydrogens is 210 g/mol. The summed E-state index contributed by atoms with van der Waals surface area (Å²) < 4.78 is 0. The van der Waals surface area contributed by atoms with E-state index in [1.807, 2.05) is 26.8 Å². The second-order valence-electron chi connectivity index (χ2n) is 5.85. The summed E-state index contributed by atoms with van der Waals surface area (Å²) in [6.45, 7) is 12.4. The lowest BCUT2D eigenvalue weighted by Crippen LogP contribution is -2.18. The first-order valence-electron chi connectivity index (χ1n) is 6.01. The van der Waals surface area contributed by atoms with Gasteiger partial charge < -0.3 is 0 Å². The lowest BCUT2D eigenvalue weighted by molar-refractivity contribution is 0.528. The van der Waals surface area contributed by atoms with Crippen LogP contribution in [0.25, 0.3) is 0 Å². The summed E-state index contributed by atoms with van der Waals surface area (Å²) in [4.78, 5) is 8.97. The molecule has 1 heterocycles. The van der Waals surface area contributed by atoms with Gasteiger partial charge in [-0.3, -0.25) is 0 Å². The molecule has 0 N–H and O–H groups in total. The van der Waals surface area contributed by atoms with Crippen LogP contribution in [0, 0.1) is 24.2 Å². The molecule has 1 aromatic rings. The Hall–Kier alpha value is -1.43. The summed E-state index contributed by atoms with van der Waals surface area (Å²) in [5.74, 6) is 0.665. The fourth-order valence-corrected chi connectivity index (χ4v) is 1.62. The Balaban J connectivity index is 3.28. The van der Waals surface area contributed by atoms with Gasteiger partial charge in [0.1, 0.15) is 11.7 Å². The number of nitriles is 1. The van der Waals surface area contributed by atoms with Gasteiger partial charge in [0, 0.05) is 16.8 Å². The van der Waals surface area contributed by atoms with E-state index in [1.54, 1.807) is 0 Å². The highest BCUT2D eigenvalue weighted by Crippen LogP contribution is 2.25. The van der Waals surface area contributed by atoms with E-state index in [-0.39, 0.29) is 17.3 Å². The molecular formula is C14H21N3. The number of nitrogens with zero attached hydrogens (tertiary/aromatic N) is 3. The number of aromatic nitrogens is 2. The molecule has 0 saturated carbocycles. The van der Waals surface area contributed by atoms with Gasteiger partial charge in [0.2, 0.25) is 0 Å². The van der Waals surface area contributed by atoms with Gasteiger partial charge in [0.25, 0.3) is 0 Å². The quantitative estimate of drug-likeness (QED) is 0.784. The zero-order valence-corrected chi connectivity index (χ0v) is 11.6. The number of aryl methyl sites for hydroxylation is 1. The first kappa shape index (κ1) is 13.6. The van der Waals surface area contributed by atoms with Crippen molar-refractivity contribution in [1.82, 2.24) is 9.97 Å². The average Bonchev–Trinajstić information content (AvgIpc) is 2.15. The van der Waals surface area contributed by atoms with Crippen molar-refractivity contribution in [3.63, 3.8) is 0 Å². The first-order valence-corrected chi connectivity index (χ1v) is 6.01. The van der Waals surface area contributed by atoms with Crippen molar-refractivity contribution in [1.29, 1.82) is 5.26 Å². The van der Waals surface area contributed by atoms with Gasteiger partial charge in [-0.25, -0.2) is 9.97 Å². The minimum atomic E-state index is -0.226. The summed E-state index contributed by atoms with van der Waals surface area (Å²) in [5.41, 5.74) is 1.92. The van der Waals surface area contributed by atoms with Crippen LogP contribution in [0.2, 0.25) is 0 Å². The Morgan fingerprint density at radius 2 is 1.82 bits per heavy atom. The van der Waals surface area contributed by atoms with Gasteiger partial charge in [-0.15, -0.1) is 0 Å². The van der Waals surface area contributed by atoms with Gasteiger partial charge in [-0.1, -0.05) is 34.6 Å². The van der Waals surface area contributed by atoms with Crippen LogP contribution in [0.4, 0.5) is 0 Å². The maximum absolute atomic E-state index is 9.20. The molecule has 92 valence electrons. The van der Waals surface area contributed by atoms with Crippen molar-refractivity contribution < 1.29 is 0 Å². The standard InChI is InChI=1S/C14H21N3/c1-9(2)11(8-15)13-16-10(3)7-12(17-13)14(4,5)6/h7,9,11H,1-6H3. The Labute approximate surface area is 104 Å². The number of hydrogen-bond acceptors (Lipinski definition) is 3. The van der Waals surface area contributed by atoms with Crippen molar-refractivity contribution >= 4 is 0 Å². The van der Waals surface area contributed by atoms with E-state index in [0.29, 0.717) is 5.82 Å². The molecule has 0 fully saturated rings. The predicted octanol–water partition coefficient (Wildman–Crippen LogP) is 3.35. The highest BCUT2D eigenvalue weighted by Gasteiger charge is 2.22. The maximum atomic E-state index is 9.20. The Kier molecular flexibility index (Phi) is 3.87. The highest BCUT2D eigenvalue weighted by atomic mass is 14.9. The molecule has 3 nitrogen and oxygen atoms in total. The average molecular weight is 231 g/mol. The van der Waals surface area contributed by atoms with E-state index < -0.39 is 0 Å². The molecule has 0 radical (unpaired) electrons. The summed E-state index contributed by atoms with van der Waals surface area (Å²) in [6, 6.07) is 4.30. The first-order chi connectivity index (χ1) is 7.75. The minimum absolute atomic E-state index is 0.0144. The van der Waals surface area contributed by atoms with Crippen molar-refractivity contribution in [3.8, 4) is 6.07 Å². The van der Waals surface area contributed by atoms with Crippen LogP contribution in [0.15, 0.2) is 6.07 Å². The largest absolute Gasteiger partial charge is 0.237 e. The summed E-state index contributed by atoms with van der Waals surface area (Å²) in [5, 5.41) is 9.20. The monoisotopic (exact) mass is 231 g/mol. The lowest BCUT2D eigenvalue weighted by atomic mass is 9.90. The van der Waals surface area contributed by atoms with Crippen LogP contribution in [0.5, 0.6) is 0 Å². The Morgan fingerprint density at radius 3 is 2.24 bits per heavy atom. The maximum Gasteiger partial charge on any atom is 0.146 e. The zero-order valence-electron chi connectivity index (χ0n) is 11.6. The molecule has 0 aliphatic carbocycles. The highest BCUT2D eigenvalue weighted by molar-refractivity contribution is 5.21. The predicted molar refractivity (Wildman–Crippen MR) is 68.7 cm³/mol. The molecule has 0 amide bonds. The van der Waals surface area contributed by atoms with Gasteiger partial charge in [-0.05, 0) is 18.9 Å². The second-order valence-corrected chi connectivity index (χ2v) is 5.85. The van der Waals surface area contributed by atoms with Gasteiger partial charge in [0.05, 0.1) is 6.07 Å². The third kappa shape index (κ3) is 3.26. The van der Waals surface area contributed by atoms with E-state index in [1.165, 1.54) is 0 Å². The molecule has 1 rings (SSSR count). The third-order valence-electron chi connectivity index (χ3n) is 2.72. The molecule has 3 heteroatoms. The van der Waals surface area contributed by atoms with Gasteiger partial charge in [-0.2, -0.15) is 5.26 Å². The summed E-state index contributed by atoms with van der Waals surface area (Å²) >= 11 is 0. The molecule has 0 bridgehead atoms. The number of rotatable bonds is 2. The van der Waals surface area contributed by atoms with E-state index >= 15 is 0 Å². The Bertz CT molecular complexity index is 436. The molecule has 0 spiro atoms. The van der Waals surface area contributed by atoms with Crippen LogP contribution in [-0.2, 0) is 5.41 Å². The second kappa shape index (κ2) is 4.83. The fraction of sp³-hybridized carbons (Fsp3) is 0.643. The van der Waals surface area contributed by atoms with Crippen LogP contribution in [-0.4, -0.2) is 9.97 Å². The lowest BCUT2D eigenvalue weighted by Gasteiger charge is -2.20. The SMILES string of the molecule is Cc1cc(C(C)(C)C)nc(C(C#N)C(C)C)n1. The minimum Gasteiger partial charge on any atom is -0.237 e. The normalized spacial score (nSPS) is 13.5. The van der Waals surface area contributed by atoms with E-state index in [9.17, 15) is 5.26 Å². The molecule has 1 unspecified atom stereocenters. The van der Waals surface area contributed by atoms with Crippen molar-refractivity contribution in [2.45, 2.75) is 52.9 Å². The van der Waals surface area contributed by atoms with Crippen molar-refractivity contribution in [3.05, 3.63) is 23.3 Å². The molecule has 17 heavy (non-hydrogen) atoms. The smallest absolute Gasteiger partial charge is 0.146 e. The van der Waals surface area contributed by atoms with Crippen molar-refractivity contribution in [2.75, 3.05) is 0 Å². The summed E-state index contributed by atoms with van der Waals surface area (Å²) in [6.07, 6.45) is 0. The molecule has 0 aromatic carbocycles. The molecule has 1 aromatic heterocycles. The van der Waals surface area contributed by atoms with Crippen molar-refractivity contribution in [2.24, 2.45) is 5.92 Å². The molecule has 1 atom stereocenters. The molecule has 0 saturated heterocycles. The van der Waals surface area contributed by atoms with Crippen LogP contribution in [0.3, 0.4) is 0 Å². The topological polar surface area (TPSA) is 49.6 Å². The van der Waals surface area contributed by atoms with Gasteiger partial charge >= 0.3 is 0 Å². The van der Waals surface area contributed by atoms with Gasteiger partial charge in [0.15, 0.2) is 0 Å². The van der Waals surface area contributed by atoms with E-state index in [2.05, 4.69) is 36.8 Å². The zero-order chi connectivity index (χ0) is 13.2. The summed E-state index contributed by atoms with van der Waals surface area (Å²) in [7, 11) is 0. The molecule has 0 aliphatic heterocycles. The molecule has 0 aliphatic rings. The van der Waals surface area contributed by atoms with Crippen LogP contribution in [0.1, 0.15) is 57.7 Å². The van der Waals surface area contributed by atoms with E-state index in [0.717, 1.165) is 11.4 Å². The third-order valence-corrected chi connectivity index (χ3v) is 2.72. The van der Waals surface area contributed by atoms with E-state index in [4.69, 9.17) is 0 Å². The Morgan fingerprint density at radius 1 is 1.24 bits per heavy atom.